The van der Waals surface area contributed by atoms with Crippen LogP contribution in [0.5, 0.6) is 0 Å². The summed E-state index contributed by atoms with van der Waals surface area (Å²) in [6.07, 6.45) is -0.280. The second-order valence-electron chi connectivity index (χ2n) is 5.57. The van der Waals surface area contributed by atoms with Crippen molar-refractivity contribution < 1.29 is 19.0 Å². The summed E-state index contributed by atoms with van der Waals surface area (Å²) < 4.78 is 20.7. The van der Waals surface area contributed by atoms with Crippen LogP contribution in [0.4, 0.5) is 4.39 Å². The zero-order valence-electron chi connectivity index (χ0n) is 13.6. The molecule has 0 saturated heterocycles. The minimum atomic E-state index is -0.627. The Hall–Kier alpha value is -2.15. The third-order valence-electron chi connectivity index (χ3n) is 3.86. The highest BCUT2D eigenvalue weighted by Gasteiger charge is 2.16. The van der Waals surface area contributed by atoms with Crippen LogP contribution < -0.4 is 0 Å². The summed E-state index contributed by atoms with van der Waals surface area (Å²) >= 11 is 11.9. The van der Waals surface area contributed by atoms with Crippen LogP contribution in [0.15, 0.2) is 36.4 Å². The van der Waals surface area contributed by atoms with E-state index in [-0.39, 0.29) is 36.8 Å². The van der Waals surface area contributed by atoms with Crippen LogP contribution >= 0.6 is 23.2 Å². The quantitative estimate of drug-likeness (QED) is 0.644. The fraction of sp³-hybridized carbons (Fsp3) is 0.222. The van der Waals surface area contributed by atoms with E-state index >= 15 is 0 Å². The molecule has 0 amide bonds. The molecule has 0 saturated carbocycles. The van der Waals surface area contributed by atoms with E-state index in [2.05, 4.69) is 4.98 Å². The van der Waals surface area contributed by atoms with Gasteiger partial charge >= 0.3 is 5.97 Å². The lowest BCUT2D eigenvalue weighted by molar-refractivity contribution is -0.144. The zero-order valence-corrected chi connectivity index (χ0v) is 15.1. The number of aliphatic hydroxyl groups excluding tert-OH is 1. The monoisotopic (exact) mass is 396 g/mol. The average Bonchev–Trinajstić information content (AvgIpc) is 2.94. The van der Waals surface area contributed by atoms with Crippen molar-refractivity contribution in [1.29, 1.82) is 0 Å². The molecule has 3 aromatic rings. The molecule has 3 rings (SSSR count). The number of hydrogen-bond acceptors (Lipinski definition) is 4. The fourth-order valence-corrected chi connectivity index (χ4v) is 3.04. The lowest BCUT2D eigenvalue weighted by atomic mass is 10.1. The van der Waals surface area contributed by atoms with Crippen molar-refractivity contribution in [2.45, 2.75) is 19.6 Å². The van der Waals surface area contributed by atoms with Crippen molar-refractivity contribution in [3.8, 4) is 0 Å². The Balaban J connectivity index is 1.77. The Morgan fingerprint density at radius 3 is 2.81 bits per heavy atom. The van der Waals surface area contributed by atoms with Crippen molar-refractivity contribution >= 4 is 40.2 Å². The Morgan fingerprint density at radius 2 is 2.08 bits per heavy atom. The van der Waals surface area contributed by atoms with Crippen molar-refractivity contribution in [3.63, 3.8) is 0 Å². The first-order valence-electron chi connectivity index (χ1n) is 7.83. The number of carbonyl (C=O) groups excluding carboxylic acids is 1. The first kappa shape index (κ1) is 18.6. The van der Waals surface area contributed by atoms with Gasteiger partial charge in [0.2, 0.25) is 0 Å². The number of aliphatic hydroxyl groups is 1. The molecule has 26 heavy (non-hydrogen) atoms. The van der Waals surface area contributed by atoms with E-state index in [0.29, 0.717) is 16.4 Å². The van der Waals surface area contributed by atoms with Crippen molar-refractivity contribution in [2.75, 3.05) is 6.61 Å². The Labute approximate surface area is 158 Å². The van der Waals surface area contributed by atoms with Gasteiger partial charge in [-0.3, -0.25) is 4.79 Å². The van der Waals surface area contributed by atoms with Gasteiger partial charge in [0.1, 0.15) is 18.2 Å². The van der Waals surface area contributed by atoms with E-state index in [4.69, 9.17) is 27.9 Å². The summed E-state index contributed by atoms with van der Waals surface area (Å²) in [5, 5.41) is 9.99. The molecule has 8 heteroatoms. The number of imidazole rings is 1. The highest BCUT2D eigenvalue weighted by Crippen LogP contribution is 2.22. The molecular formula is C18H15Cl2FN2O3. The van der Waals surface area contributed by atoms with Crippen LogP contribution in [-0.2, 0) is 29.1 Å². The summed E-state index contributed by atoms with van der Waals surface area (Å²) in [7, 11) is 0. The third-order valence-corrected chi connectivity index (χ3v) is 4.45. The van der Waals surface area contributed by atoms with Gasteiger partial charge in [0.05, 0.1) is 24.1 Å². The molecule has 0 aliphatic heterocycles. The standard InChI is InChI=1S/C18H15Cl2FN2O3/c19-11-4-5-15-16(8-11)23(6-7-24)17(22-15)10-26-18(25)9-12-13(20)2-1-3-14(12)21/h1-5,8,24H,6-7,9-10H2. The molecule has 0 bridgehead atoms. The highest BCUT2D eigenvalue weighted by atomic mass is 35.5. The van der Waals surface area contributed by atoms with Crippen molar-refractivity contribution in [1.82, 2.24) is 9.55 Å². The normalized spacial score (nSPS) is 11.1. The Bertz CT molecular complexity index is 939. The zero-order chi connectivity index (χ0) is 18.7. The largest absolute Gasteiger partial charge is 0.457 e. The van der Waals surface area contributed by atoms with Gasteiger partial charge in [0.15, 0.2) is 0 Å². The molecule has 1 aromatic heterocycles. The number of halogens is 3. The molecule has 0 unspecified atom stereocenters. The van der Waals surface area contributed by atoms with Crippen LogP contribution in [0.2, 0.25) is 10.0 Å². The summed E-state index contributed by atoms with van der Waals surface area (Å²) in [6, 6.07) is 9.39. The van der Waals surface area contributed by atoms with Crippen LogP contribution in [0.1, 0.15) is 11.4 Å². The Kier molecular flexibility index (Phi) is 5.76. The van der Waals surface area contributed by atoms with E-state index in [9.17, 15) is 14.3 Å². The minimum absolute atomic E-state index is 0.0924. The second-order valence-corrected chi connectivity index (χ2v) is 6.42. The van der Waals surface area contributed by atoms with Gasteiger partial charge in [-0.1, -0.05) is 29.3 Å². The summed E-state index contributed by atoms with van der Waals surface area (Å²) in [6.45, 7) is 0.0594. The predicted molar refractivity (Wildman–Crippen MR) is 96.7 cm³/mol. The molecule has 0 radical (unpaired) electrons. The maximum Gasteiger partial charge on any atom is 0.310 e. The van der Waals surface area contributed by atoms with E-state index in [1.807, 2.05) is 0 Å². The lowest BCUT2D eigenvalue weighted by Gasteiger charge is -2.09. The molecule has 0 fully saturated rings. The van der Waals surface area contributed by atoms with Crippen molar-refractivity contribution in [3.05, 3.63) is 63.6 Å². The molecule has 1 heterocycles. The number of esters is 1. The topological polar surface area (TPSA) is 64.3 Å². The lowest BCUT2D eigenvalue weighted by Crippen LogP contribution is -2.13. The minimum Gasteiger partial charge on any atom is -0.457 e. The third kappa shape index (κ3) is 3.98. The first-order chi connectivity index (χ1) is 12.5. The number of hydrogen-bond donors (Lipinski definition) is 1. The molecule has 2 aromatic carbocycles. The van der Waals surface area contributed by atoms with Crippen molar-refractivity contribution in [2.24, 2.45) is 0 Å². The average molecular weight is 397 g/mol. The molecule has 1 N–H and O–H groups in total. The van der Waals surface area contributed by atoms with E-state index in [1.54, 1.807) is 22.8 Å². The van der Waals surface area contributed by atoms with E-state index < -0.39 is 11.8 Å². The van der Waals surface area contributed by atoms with Gasteiger partial charge < -0.3 is 14.4 Å². The number of aromatic nitrogens is 2. The maximum absolute atomic E-state index is 13.8. The molecule has 0 atom stereocenters. The van der Waals surface area contributed by atoms with Crippen LogP contribution in [-0.4, -0.2) is 27.2 Å². The van der Waals surface area contributed by atoms with Gasteiger partial charge in [0.25, 0.3) is 0 Å². The summed E-state index contributed by atoms with van der Waals surface area (Å²) in [4.78, 5) is 16.5. The van der Waals surface area contributed by atoms with Gasteiger partial charge in [-0.15, -0.1) is 0 Å². The van der Waals surface area contributed by atoms with Crippen LogP contribution in [0, 0.1) is 5.82 Å². The van der Waals surface area contributed by atoms with Crippen LogP contribution in [0.25, 0.3) is 11.0 Å². The van der Waals surface area contributed by atoms with Gasteiger partial charge in [-0.25, -0.2) is 9.37 Å². The second kappa shape index (κ2) is 8.03. The number of nitrogens with zero attached hydrogens (tertiary/aromatic N) is 2. The maximum atomic E-state index is 13.8. The van der Waals surface area contributed by atoms with E-state index in [1.165, 1.54) is 18.2 Å². The highest BCUT2D eigenvalue weighted by molar-refractivity contribution is 6.31. The summed E-state index contributed by atoms with van der Waals surface area (Å²) in [5.74, 6) is -0.724. The van der Waals surface area contributed by atoms with Gasteiger partial charge in [-0.05, 0) is 30.3 Å². The van der Waals surface area contributed by atoms with Crippen LogP contribution in [0.3, 0.4) is 0 Å². The molecular weight excluding hydrogens is 382 g/mol. The molecule has 0 aliphatic rings. The molecule has 5 nitrogen and oxygen atoms in total. The molecule has 136 valence electrons. The number of benzene rings is 2. The molecule has 0 spiro atoms. The van der Waals surface area contributed by atoms with Gasteiger partial charge in [-0.2, -0.15) is 0 Å². The van der Waals surface area contributed by atoms with Gasteiger partial charge in [0, 0.05) is 22.2 Å². The smallest absolute Gasteiger partial charge is 0.310 e. The molecule has 0 aliphatic carbocycles. The number of fused-ring (bicyclic) bond motifs is 1. The Morgan fingerprint density at radius 1 is 1.27 bits per heavy atom. The number of ether oxygens (including phenoxy) is 1. The predicted octanol–water partition coefficient (Wildman–Crippen LogP) is 3.76. The SMILES string of the molecule is O=C(Cc1c(F)cccc1Cl)OCc1nc2ccc(Cl)cc2n1CCO. The van der Waals surface area contributed by atoms with E-state index in [0.717, 1.165) is 5.52 Å². The fourth-order valence-electron chi connectivity index (χ4n) is 2.65. The number of rotatable bonds is 6. The number of carbonyl (C=O) groups is 1. The summed E-state index contributed by atoms with van der Waals surface area (Å²) in [5.41, 5.74) is 1.50. The first-order valence-corrected chi connectivity index (χ1v) is 8.59.